The molecular weight excluding hydrogens is 274 g/mol. The van der Waals surface area contributed by atoms with Crippen LogP contribution in [0.25, 0.3) is 5.65 Å². The molecule has 0 bridgehead atoms. The van der Waals surface area contributed by atoms with Gasteiger partial charge < -0.3 is 10.6 Å². The largest absolute Gasteiger partial charge is 0.333 e. The molecule has 3 rings (SSSR count). The Balaban J connectivity index is 1.64. The standard InChI is InChI=1S/C13H13N5OS/c1-9-5-12-14-6-10(8-18(12)17-9)16-13(19)15-7-11-3-2-4-20-11/h2-6,8H,7H2,1H3,(H2,15,16,19). The van der Waals surface area contributed by atoms with Crippen LogP contribution in [0.3, 0.4) is 0 Å². The maximum atomic E-state index is 11.8. The van der Waals surface area contributed by atoms with E-state index < -0.39 is 0 Å². The Morgan fingerprint density at radius 2 is 2.40 bits per heavy atom. The van der Waals surface area contributed by atoms with Crippen molar-refractivity contribution in [2.24, 2.45) is 0 Å². The predicted molar refractivity (Wildman–Crippen MR) is 77.9 cm³/mol. The van der Waals surface area contributed by atoms with E-state index in [0.717, 1.165) is 16.2 Å². The fraction of sp³-hybridized carbons (Fsp3) is 0.154. The maximum absolute atomic E-state index is 11.8. The van der Waals surface area contributed by atoms with Crippen LogP contribution in [0.1, 0.15) is 10.6 Å². The van der Waals surface area contributed by atoms with E-state index in [1.165, 1.54) is 0 Å². The molecule has 0 aliphatic carbocycles. The number of hydrogen-bond acceptors (Lipinski definition) is 4. The third-order valence-corrected chi connectivity index (χ3v) is 3.57. The van der Waals surface area contributed by atoms with Crippen molar-refractivity contribution in [3.8, 4) is 0 Å². The van der Waals surface area contributed by atoms with Crippen molar-refractivity contribution in [2.45, 2.75) is 13.5 Å². The van der Waals surface area contributed by atoms with E-state index in [4.69, 9.17) is 0 Å². The molecule has 3 aromatic rings. The van der Waals surface area contributed by atoms with Gasteiger partial charge in [-0.25, -0.2) is 14.3 Å². The van der Waals surface area contributed by atoms with Crippen molar-refractivity contribution in [1.82, 2.24) is 19.9 Å². The summed E-state index contributed by atoms with van der Waals surface area (Å²) in [5.74, 6) is 0. The number of nitrogens with one attached hydrogen (secondary N) is 2. The molecule has 7 heteroatoms. The number of anilines is 1. The number of nitrogens with zero attached hydrogens (tertiary/aromatic N) is 3. The van der Waals surface area contributed by atoms with Gasteiger partial charge in [-0.3, -0.25) is 0 Å². The highest BCUT2D eigenvalue weighted by molar-refractivity contribution is 7.09. The zero-order chi connectivity index (χ0) is 13.9. The van der Waals surface area contributed by atoms with Gasteiger partial charge in [0.1, 0.15) is 0 Å². The second-order valence-corrected chi connectivity index (χ2v) is 5.35. The van der Waals surface area contributed by atoms with Gasteiger partial charge in [0.2, 0.25) is 0 Å². The Bertz CT molecular complexity index is 734. The molecule has 3 aromatic heterocycles. The zero-order valence-electron chi connectivity index (χ0n) is 10.8. The summed E-state index contributed by atoms with van der Waals surface area (Å²) in [6.07, 6.45) is 3.35. The van der Waals surface area contributed by atoms with Crippen molar-refractivity contribution in [3.05, 3.63) is 46.5 Å². The summed E-state index contributed by atoms with van der Waals surface area (Å²) in [7, 11) is 0. The lowest BCUT2D eigenvalue weighted by Gasteiger charge is -2.06. The van der Waals surface area contributed by atoms with E-state index in [1.807, 2.05) is 30.5 Å². The normalized spacial score (nSPS) is 10.7. The van der Waals surface area contributed by atoms with Crippen LogP contribution >= 0.6 is 11.3 Å². The fourth-order valence-electron chi connectivity index (χ4n) is 1.82. The quantitative estimate of drug-likeness (QED) is 0.777. The fourth-order valence-corrected chi connectivity index (χ4v) is 2.46. The number of thiophene rings is 1. The van der Waals surface area contributed by atoms with Gasteiger partial charge in [0.15, 0.2) is 5.65 Å². The molecule has 2 N–H and O–H groups in total. The van der Waals surface area contributed by atoms with Crippen LogP contribution in [0.2, 0.25) is 0 Å². The molecule has 0 aliphatic heterocycles. The minimum atomic E-state index is -0.261. The molecule has 2 amide bonds. The molecule has 20 heavy (non-hydrogen) atoms. The van der Waals surface area contributed by atoms with Gasteiger partial charge >= 0.3 is 6.03 Å². The molecule has 0 spiro atoms. The first-order valence-electron chi connectivity index (χ1n) is 6.10. The number of aromatic nitrogens is 3. The zero-order valence-corrected chi connectivity index (χ0v) is 11.6. The molecular formula is C13H13N5OS. The second-order valence-electron chi connectivity index (χ2n) is 4.32. The predicted octanol–water partition coefficient (Wildman–Crippen LogP) is 2.42. The molecule has 0 fully saturated rings. The number of hydrogen-bond donors (Lipinski definition) is 2. The smallest absolute Gasteiger partial charge is 0.319 e. The Morgan fingerprint density at radius 3 is 3.20 bits per heavy atom. The maximum Gasteiger partial charge on any atom is 0.319 e. The molecule has 0 saturated heterocycles. The highest BCUT2D eigenvalue weighted by Gasteiger charge is 2.05. The first-order chi connectivity index (χ1) is 9.70. The van der Waals surface area contributed by atoms with E-state index in [2.05, 4.69) is 20.7 Å². The monoisotopic (exact) mass is 287 g/mol. The summed E-state index contributed by atoms with van der Waals surface area (Å²) in [5, 5.41) is 11.8. The second kappa shape index (κ2) is 5.30. The topological polar surface area (TPSA) is 71.3 Å². The number of amides is 2. The van der Waals surface area contributed by atoms with Crippen molar-refractivity contribution in [1.29, 1.82) is 0 Å². The lowest BCUT2D eigenvalue weighted by atomic mass is 10.4. The Kier molecular flexibility index (Phi) is 3.34. The number of rotatable bonds is 3. The van der Waals surface area contributed by atoms with Crippen LogP contribution in [0, 0.1) is 6.92 Å². The Hall–Kier alpha value is -2.41. The van der Waals surface area contributed by atoms with Gasteiger partial charge in [0.05, 0.1) is 30.3 Å². The minimum absolute atomic E-state index is 0.261. The first-order valence-corrected chi connectivity index (χ1v) is 6.98. The number of carbonyl (C=O) groups excluding carboxylic acids is 1. The molecule has 6 nitrogen and oxygen atoms in total. The van der Waals surface area contributed by atoms with E-state index in [1.54, 1.807) is 28.2 Å². The van der Waals surface area contributed by atoms with Gasteiger partial charge in [-0.15, -0.1) is 11.3 Å². The lowest BCUT2D eigenvalue weighted by Crippen LogP contribution is -2.28. The SMILES string of the molecule is Cc1cc2ncc(NC(=O)NCc3cccs3)cn2n1. The Morgan fingerprint density at radius 1 is 1.50 bits per heavy atom. The lowest BCUT2D eigenvalue weighted by molar-refractivity contribution is 0.252. The third kappa shape index (κ3) is 2.77. The summed E-state index contributed by atoms with van der Waals surface area (Å²) in [4.78, 5) is 17.1. The van der Waals surface area contributed by atoms with E-state index in [0.29, 0.717) is 12.2 Å². The average Bonchev–Trinajstić information content (AvgIpc) is 3.04. The number of urea groups is 1. The van der Waals surface area contributed by atoms with Crippen LogP contribution in [-0.2, 0) is 6.54 Å². The van der Waals surface area contributed by atoms with Gasteiger partial charge in [0, 0.05) is 10.9 Å². The highest BCUT2D eigenvalue weighted by atomic mass is 32.1. The van der Waals surface area contributed by atoms with Crippen LogP contribution in [0.15, 0.2) is 36.0 Å². The van der Waals surface area contributed by atoms with Gasteiger partial charge in [-0.05, 0) is 18.4 Å². The molecule has 0 unspecified atom stereocenters. The molecule has 0 aliphatic rings. The van der Waals surface area contributed by atoms with E-state index >= 15 is 0 Å². The van der Waals surface area contributed by atoms with Crippen molar-refractivity contribution in [2.75, 3.05) is 5.32 Å². The summed E-state index contributed by atoms with van der Waals surface area (Å²) >= 11 is 1.61. The molecule has 102 valence electrons. The van der Waals surface area contributed by atoms with Crippen molar-refractivity contribution < 1.29 is 4.79 Å². The van der Waals surface area contributed by atoms with E-state index in [-0.39, 0.29) is 6.03 Å². The van der Waals surface area contributed by atoms with Crippen LogP contribution in [0.4, 0.5) is 10.5 Å². The summed E-state index contributed by atoms with van der Waals surface area (Å²) in [6.45, 7) is 2.41. The summed E-state index contributed by atoms with van der Waals surface area (Å²) in [5.41, 5.74) is 2.24. The molecule has 3 heterocycles. The first kappa shape index (κ1) is 12.6. The van der Waals surface area contributed by atoms with Crippen LogP contribution in [0.5, 0.6) is 0 Å². The van der Waals surface area contributed by atoms with Crippen molar-refractivity contribution >= 4 is 28.7 Å². The highest BCUT2D eigenvalue weighted by Crippen LogP contribution is 2.10. The molecule has 0 aromatic carbocycles. The summed E-state index contributed by atoms with van der Waals surface area (Å²) < 4.78 is 1.64. The molecule has 0 saturated carbocycles. The number of carbonyl (C=O) groups is 1. The van der Waals surface area contributed by atoms with Gasteiger partial charge in [-0.2, -0.15) is 5.10 Å². The Labute approximate surface area is 119 Å². The van der Waals surface area contributed by atoms with Crippen molar-refractivity contribution in [3.63, 3.8) is 0 Å². The molecule has 0 radical (unpaired) electrons. The molecule has 0 atom stereocenters. The average molecular weight is 287 g/mol. The van der Waals surface area contributed by atoms with E-state index in [9.17, 15) is 4.79 Å². The van der Waals surface area contributed by atoms with Crippen LogP contribution in [-0.4, -0.2) is 20.6 Å². The van der Waals surface area contributed by atoms with Gasteiger partial charge in [-0.1, -0.05) is 6.07 Å². The number of fused-ring (bicyclic) bond motifs is 1. The summed E-state index contributed by atoms with van der Waals surface area (Å²) in [6, 6.07) is 5.55. The van der Waals surface area contributed by atoms with Crippen LogP contribution < -0.4 is 10.6 Å². The third-order valence-electron chi connectivity index (χ3n) is 2.70. The van der Waals surface area contributed by atoms with Gasteiger partial charge in [0.25, 0.3) is 0 Å². The minimum Gasteiger partial charge on any atom is -0.333 e. The number of aryl methyl sites for hydroxylation is 1.